The topological polar surface area (TPSA) is 41.6 Å². The normalized spacial score (nSPS) is 16.1. The van der Waals surface area contributed by atoms with Crippen LogP contribution in [0.4, 0.5) is 5.69 Å². The molecule has 0 aromatic heterocycles. The Morgan fingerprint density at radius 2 is 1.96 bits per heavy atom. The number of anilines is 1. The first-order chi connectivity index (χ1) is 11.7. The number of nitrogens with zero attached hydrogens (tertiary/aromatic N) is 1. The first-order valence-corrected chi connectivity index (χ1v) is 8.40. The Hall–Kier alpha value is -2.33. The van der Waals surface area contributed by atoms with Gasteiger partial charge in [0.25, 0.3) is 5.91 Å². The van der Waals surface area contributed by atoms with Crippen LogP contribution < -0.4 is 10.2 Å². The van der Waals surface area contributed by atoms with Gasteiger partial charge in [-0.2, -0.15) is 0 Å². The molecule has 3 rings (SSSR count). The van der Waals surface area contributed by atoms with Crippen LogP contribution in [0.5, 0.6) is 0 Å². The van der Waals surface area contributed by atoms with Gasteiger partial charge in [-0.1, -0.05) is 36.4 Å². The number of rotatable bonds is 6. The van der Waals surface area contributed by atoms with Gasteiger partial charge in [0, 0.05) is 37.5 Å². The number of hydrogen-bond acceptors (Lipinski definition) is 3. The zero-order valence-corrected chi connectivity index (χ0v) is 14.3. The van der Waals surface area contributed by atoms with Crippen molar-refractivity contribution in [1.82, 2.24) is 5.32 Å². The lowest BCUT2D eigenvalue weighted by Crippen LogP contribution is -2.38. The zero-order valence-electron chi connectivity index (χ0n) is 14.3. The summed E-state index contributed by atoms with van der Waals surface area (Å²) in [6, 6.07) is 16.6. The summed E-state index contributed by atoms with van der Waals surface area (Å²) in [5.41, 5.74) is 4.28. The number of para-hydroxylation sites is 1. The van der Waals surface area contributed by atoms with Gasteiger partial charge in [0.2, 0.25) is 0 Å². The Kier molecular flexibility index (Phi) is 5.16. The van der Waals surface area contributed by atoms with Crippen LogP contribution in [0.25, 0.3) is 0 Å². The van der Waals surface area contributed by atoms with Crippen LogP contribution in [-0.4, -0.2) is 32.1 Å². The van der Waals surface area contributed by atoms with Crippen molar-refractivity contribution >= 4 is 11.6 Å². The minimum Gasteiger partial charge on any atom is -0.380 e. The Morgan fingerprint density at radius 3 is 2.79 bits per heavy atom. The number of amides is 1. The van der Waals surface area contributed by atoms with Crippen LogP contribution in [-0.2, 0) is 17.8 Å². The highest BCUT2D eigenvalue weighted by Gasteiger charge is 2.25. The third-order valence-electron chi connectivity index (χ3n) is 4.55. The fraction of sp³-hybridized carbons (Fsp3) is 0.350. The van der Waals surface area contributed by atoms with E-state index in [-0.39, 0.29) is 5.91 Å². The number of carbonyl (C=O) groups is 1. The number of methoxy groups -OCH3 is 1. The molecule has 4 nitrogen and oxygen atoms in total. The molecule has 1 aliphatic heterocycles. The first kappa shape index (κ1) is 16.5. The van der Waals surface area contributed by atoms with E-state index in [0.29, 0.717) is 24.8 Å². The van der Waals surface area contributed by atoms with Crippen molar-refractivity contribution in [3.8, 4) is 0 Å². The van der Waals surface area contributed by atoms with Gasteiger partial charge in [0.15, 0.2) is 0 Å². The molecule has 126 valence electrons. The predicted molar refractivity (Wildman–Crippen MR) is 96.4 cm³/mol. The van der Waals surface area contributed by atoms with Crippen molar-refractivity contribution in [2.24, 2.45) is 0 Å². The van der Waals surface area contributed by atoms with Crippen molar-refractivity contribution in [2.45, 2.75) is 26.0 Å². The fourth-order valence-electron chi connectivity index (χ4n) is 3.38. The molecule has 24 heavy (non-hydrogen) atoms. The molecule has 1 N–H and O–H groups in total. The highest BCUT2D eigenvalue weighted by atomic mass is 16.5. The molecule has 1 amide bonds. The van der Waals surface area contributed by atoms with E-state index in [0.717, 1.165) is 18.5 Å². The quantitative estimate of drug-likeness (QED) is 0.888. The van der Waals surface area contributed by atoms with Crippen LogP contribution in [0.2, 0.25) is 0 Å². The Balaban J connectivity index is 1.60. The van der Waals surface area contributed by atoms with E-state index in [4.69, 9.17) is 4.74 Å². The number of benzene rings is 2. The molecule has 0 saturated heterocycles. The minimum atomic E-state index is -0.0391. The van der Waals surface area contributed by atoms with Gasteiger partial charge in [-0.15, -0.1) is 0 Å². The highest BCUT2D eigenvalue weighted by Crippen LogP contribution is 2.31. The lowest BCUT2D eigenvalue weighted by atomic mass is 10.1. The lowest BCUT2D eigenvalue weighted by Gasteiger charge is -2.25. The van der Waals surface area contributed by atoms with Gasteiger partial charge in [0.1, 0.15) is 0 Å². The summed E-state index contributed by atoms with van der Waals surface area (Å²) in [6.45, 7) is 4.12. The average Bonchev–Trinajstić information content (AvgIpc) is 2.91. The third kappa shape index (κ3) is 3.44. The van der Waals surface area contributed by atoms with Crippen molar-refractivity contribution in [1.29, 1.82) is 0 Å². The van der Waals surface area contributed by atoms with Gasteiger partial charge in [0.05, 0.1) is 6.61 Å². The molecule has 1 atom stereocenters. The summed E-state index contributed by atoms with van der Waals surface area (Å²) < 4.78 is 5.17. The molecule has 1 aliphatic rings. The number of ether oxygens (including phenoxy) is 1. The summed E-state index contributed by atoms with van der Waals surface area (Å²) in [6.07, 6.45) is 1.07. The van der Waals surface area contributed by atoms with Gasteiger partial charge < -0.3 is 15.0 Å². The van der Waals surface area contributed by atoms with Gasteiger partial charge >= 0.3 is 0 Å². The number of nitrogens with one attached hydrogen (secondary N) is 1. The Morgan fingerprint density at radius 1 is 1.21 bits per heavy atom. The molecule has 0 aliphatic carbocycles. The van der Waals surface area contributed by atoms with Crippen molar-refractivity contribution in [2.75, 3.05) is 25.1 Å². The minimum absolute atomic E-state index is 0.0391. The molecular weight excluding hydrogens is 300 g/mol. The summed E-state index contributed by atoms with van der Waals surface area (Å²) in [4.78, 5) is 14.8. The van der Waals surface area contributed by atoms with Crippen LogP contribution in [0.3, 0.4) is 0 Å². The van der Waals surface area contributed by atoms with Crippen LogP contribution in [0.15, 0.2) is 48.5 Å². The van der Waals surface area contributed by atoms with Crippen LogP contribution in [0, 0.1) is 0 Å². The molecular formula is C20H24N2O2. The zero-order chi connectivity index (χ0) is 16.9. The van der Waals surface area contributed by atoms with E-state index in [1.165, 1.54) is 11.3 Å². The van der Waals surface area contributed by atoms with E-state index in [2.05, 4.69) is 41.4 Å². The number of carbonyl (C=O) groups excluding carboxylic acids is 1. The number of fused-ring (bicyclic) bond motifs is 1. The van der Waals surface area contributed by atoms with Gasteiger partial charge in [-0.05, 0) is 36.6 Å². The van der Waals surface area contributed by atoms with Gasteiger partial charge in [-0.25, -0.2) is 0 Å². The van der Waals surface area contributed by atoms with E-state index in [1.54, 1.807) is 7.11 Å². The average molecular weight is 324 g/mol. The molecule has 0 saturated carbocycles. The summed E-state index contributed by atoms with van der Waals surface area (Å²) in [5, 5.41) is 3.04. The maximum Gasteiger partial charge on any atom is 0.251 e. The monoisotopic (exact) mass is 324 g/mol. The molecule has 0 fully saturated rings. The molecule has 1 heterocycles. The molecule has 0 unspecified atom stereocenters. The maximum absolute atomic E-state index is 12.5. The molecule has 0 spiro atoms. The molecule has 0 radical (unpaired) electrons. The standard InChI is InChI=1S/C20H24N2O2/c1-15-13-16-7-4-6-10-19(16)22(15)12-11-21-20(23)18-9-5-3-8-17(18)14-24-2/h3-10,15H,11-14H2,1-2H3,(H,21,23)/t15-/m1/s1. The SMILES string of the molecule is COCc1ccccc1C(=O)NCCN1c2ccccc2C[C@H]1C. The second-order valence-corrected chi connectivity index (χ2v) is 6.22. The van der Waals surface area contributed by atoms with Crippen molar-refractivity contribution in [3.63, 3.8) is 0 Å². The van der Waals surface area contributed by atoms with Gasteiger partial charge in [-0.3, -0.25) is 4.79 Å². The van der Waals surface area contributed by atoms with E-state index in [1.807, 2.05) is 24.3 Å². The lowest BCUT2D eigenvalue weighted by molar-refractivity contribution is 0.0949. The largest absolute Gasteiger partial charge is 0.380 e. The van der Waals surface area contributed by atoms with Crippen molar-refractivity contribution in [3.05, 3.63) is 65.2 Å². The van der Waals surface area contributed by atoms with Crippen LogP contribution >= 0.6 is 0 Å². The number of hydrogen-bond donors (Lipinski definition) is 1. The van der Waals surface area contributed by atoms with E-state index < -0.39 is 0 Å². The molecule has 0 bridgehead atoms. The highest BCUT2D eigenvalue weighted by molar-refractivity contribution is 5.95. The molecule has 4 heteroatoms. The summed E-state index contributed by atoms with van der Waals surface area (Å²) in [5.74, 6) is -0.0391. The fourth-order valence-corrected chi connectivity index (χ4v) is 3.38. The maximum atomic E-state index is 12.5. The Bertz CT molecular complexity index is 714. The Labute approximate surface area is 143 Å². The van der Waals surface area contributed by atoms with Crippen molar-refractivity contribution < 1.29 is 9.53 Å². The summed E-state index contributed by atoms with van der Waals surface area (Å²) >= 11 is 0. The molecule has 2 aromatic rings. The smallest absolute Gasteiger partial charge is 0.251 e. The van der Waals surface area contributed by atoms with E-state index in [9.17, 15) is 4.79 Å². The molecule has 2 aromatic carbocycles. The predicted octanol–water partition coefficient (Wildman–Crippen LogP) is 3.01. The van der Waals surface area contributed by atoms with Crippen LogP contribution in [0.1, 0.15) is 28.4 Å². The second-order valence-electron chi connectivity index (χ2n) is 6.22. The third-order valence-corrected chi connectivity index (χ3v) is 4.55. The first-order valence-electron chi connectivity index (χ1n) is 8.40. The summed E-state index contributed by atoms with van der Waals surface area (Å²) in [7, 11) is 1.64. The second kappa shape index (κ2) is 7.49. The van der Waals surface area contributed by atoms with E-state index >= 15 is 0 Å².